The molecule has 0 bridgehead atoms. The first kappa shape index (κ1) is 25.5. The Balaban J connectivity index is 1.60. The third kappa shape index (κ3) is 4.75. The molecule has 0 unspecified atom stereocenters. The quantitative estimate of drug-likeness (QED) is 0.147. The Bertz CT molecular complexity index is 1280. The van der Waals surface area contributed by atoms with Crippen LogP contribution in [0, 0.1) is 6.92 Å². The van der Waals surface area contributed by atoms with E-state index in [0.29, 0.717) is 0 Å². The summed E-state index contributed by atoms with van der Waals surface area (Å²) in [6, 6.07) is 32.2. The molecular weight excluding hydrogens is 568 g/mol. The normalized spacial score (nSPS) is 13.4. The average Bonchev–Trinajstić information content (AvgIpc) is 3.16. The van der Waals surface area contributed by atoms with Crippen molar-refractivity contribution in [1.29, 1.82) is 0 Å². The Hall–Kier alpha value is -2.16. The zero-order valence-corrected chi connectivity index (χ0v) is 24.5. The second-order valence-corrected chi connectivity index (χ2v) is 12.0. The molecule has 0 heterocycles. The van der Waals surface area contributed by atoms with Gasteiger partial charge in [0.05, 0.1) is 5.41 Å². The lowest BCUT2D eigenvalue weighted by Gasteiger charge is -2.34. The molecule has 0 nitrogen and oxygen atoms in total. The molecule has 0 aliphatic heterocycles. The highest BCUT2D eigenvalue weighted by Crippen LogP contribution is 2.57. The van der Waals surface area contributed by atoms with Gasteiger partial charge in [-0.3, -0.25) is 0 Å². The number of hydrogen-bond donors (Lipinski definition) is 0. The summed E-state index contributed by atoms with van der Waals surface area (Å²) in [5.41, 5.74) is 10.3. The molecule has 0 radical (unpaired) electrons. The van der Waals surface area contributed by atoms with Gasteiger partial charge in [0.25, 0.3) is 0 Å². The lowest BCUT2D eigenvalue weighted by molar-refractivity contribution is 0.607. The minimum Gasteiger partial charge on any atom is -0.0654 e. The van der Waals surface area contributed by atoms with Gasteiger partial charge in [0.1, 0.15) is 0 Å². The van der Waals surface area contributed by atoms with Crippen LogP contribution in [0.15, 0.2) is 93.9 Å². The van der Waals surface area contributed by atoms with Crippen molar-refractivity contribution < 1.29 is 0 Å². The van der Waals surface area contributed by atoms with E-state index in [9.17, 15) is 0 Å². The maximum absolute atomic E-state index is 3.79. The molecule has 0 fully saturated rings. The summed E-state index contributed by atoms with van der Waals surface area (Å²) in [6.07, 6.45) is 9.18. The minimum absolute atomic E-state index is 0.357. The summed E-state index contributed by atoms with van der Waals surface area (Å²) in [4.78, 5) is 0. The first-order valence-electron chi connectivity index (χ1n) is 13.3. The molecule has 5 rings (SSSR count). The molecule has 4 aromatic carbocycles. The molecule has 0 aromatic heterocycles. The van der Waals surface area contributed by atoms with Crippen molar-refractivity contribution in [3.05, 3.63) is 127 Å². The molecule has 4 aromatic rings. The number of hydrogen-bond acceptors (Lipinski definition) is 0. The topological polar surface area (TPSA) is 0 Å². The number of rotatable bonds is 9. The number of aryl methyl sites for hydroxylation is 2. The van der Waals surface area contributed by atoms with Gasteiger partial charge >= 0.3 is 0 Å². The van der Waals surface area contributed by atoms with Gasteiger partial charge in [-0.15, -0.1) is 0 Å². The summed E-state index contributed by atoms with van der Waals surface area (Å²) < 4.78 is 2.23. The van der Waals surface area contributed by atoms with Crippen molar-refractivity contribution in [2.75, 3.05) is 0 Å². The van der Waals surface area contributed by atoms with Crippen molar-refractivity contribution >= 4 is 31.9 Å². The van der Waals surface area contributed by atoms with Crippen molar-refractivity contribution in [2.45, 2.75) is 64.2 Å². The third-order valence-electron chi connectivity index (χ3n) is 7.75. The largest absolute Gasteiger partial charge is 0.0714 e. The van der Waals surface area contributed by atoms with Gasteiger partial charge < -0.3 is 0 Å². The van der Waals surface area contributed by atoms with E-state index in [1.807, 2.05) is 0 Å². The van der Waals surface area contributed by atoms with E-state index in [1.54, 1.807) is 0 Å². The van der Waals surface area contributed by atoms with Crippen LogP contribution in [0.25, 0.3) is 11.1 Å². The molecule has 0 amide bonds. The Morgan fingerprint density at radius 1 is 0.583 bits per heavy atom. The van der Waals surface area contributed by atoms with E-state index < -0.39 is 0 Å². The molecule has 2 heteroatoms. The smallest absolute Gasteiger partial charge is 0.0654 e. The van der Waals surface area contributed by atoms with Gasteiger partial charge in [0.15, 0.2) is 0 Å². The highest BCUT2D eigenvalue weighted by molar-refractivity contribution is 9.10. The van der Waals surface area contributed by atoms with E-state index >= 15 is 0 Å². The number of halogens is 2. The first-order chi connectivity index (χ1) is 17.5. The highest BCUT2D eigenvalue weighted by atomic mass is 79.9. The van der Waals surface area contributed by atoms with Crippen LogP contribution in [0.5, 0.6) is 0 Å². The van der Waals surface area contributed by atoms with Gasteiger partial charge in [0.2, 0.25) is 0 Å². The standard InChI is InChI=1S/C34H34Br2/c1-3-4-5-6-7-8-9-25-12-16-27(17-13-25)34(26-14-10-24(2)11-15-26)32-22-28(35)18-20-30(32)31-21-19-29(36)23-33(31)34/h10-23H,3-9H2,1-2H3. The highest BCUT2D eigenvalue weighted by Gasteiger charge is 2.46. The van der Waals surface area contributed by atoms with Crippen LogP contribution in [0.4, 0.5) is 0 Å². The van der Waals surface area contributed by atoms with E-state index in [4.69, 9.17) is 0 Å². The van der Waals surface area contributed by atoms with Gasteiger partial charge in [-0.25, -0.2) is 0 Å². The van der Waals surface area contributed by atoms with Crippen LogP contribution in [0.2, 0.25) is 0 Å². The van der Waals surface area contributed by atoms with E-state index in [-0.39, 0.29) is 5.41 Å². The van der Waals surface area contributed by atoms with Crippen molar-refractivity contribution in [2.24, 2.45) is 0 Å². The fourth-order valence-corrected chi connectivity index (χ4v) is 6.61. The first-order valence-corrected chi connectivity index (χ1v) is 14.9. The van der Waals surface area contributed by atoms with Crippen molar-refractivity contribution in [3.8, 4) is 11.1 Å². The average molecular weight is 602 g/mol. The number of unbranched alkanes of at least 4 members (excludes halogenated alkanes) is 5. The molecule has 0 saturated heterocycles. The van der Waals surface area contributed by atoms with E-state index in [1.165, 1.54) is 83.0 Å². The van der Waals surface area contributed by atoms with E-state index in [0.717, 1.165) is 15.4 Å². The van der Waals surface area contributed by atoms with Crippen LogP contribution in [-0.2, 0) is 11.8 Å². The van der Waals surface area contributed by atoms with Crippen LogP contribution in [0.1, 0.15) is 78.8 Å². The predicted octanol–water partition coefficient (Wildman–Crippen LogP) is 10.8. The maximum atomic E-state index is 3.79. The van der Waals surface area contributed by atoms with Crippen LogP contribution in [0.3, 0.4) is 0 Å². The molecule has 1 aliphatic rings. The second-order valence-electron chi connectivity index (χ2n) is 10.2. The monoisotopic (exact) mass is 600 g/mol. The Kier molecular flexibility index (Phi) is 7.84. The zero-order chi connectivity index (χ0) is 25.1. The molecule has 0 atom stereocenters. The van der Waals surface area contributed by atoms with Crippen molar-refractivity contribution in [1.82, 2.24) is 0 Å². The number of fused-ring (bicyclic) bond motifs is 3. The van der Waals surface area contributed by atoms with Gasteiger partial charge in [-0.05, 0) is 83.0 Å². The lowest BCUT2D eigenvalue weighted by Crippen LogP contribution is -2.28. The Morgan fingerprint density at radius 3 is 1.64 bits per heavy atom. The Labute approximate surface area is 233 Å². The number of benzene rings is 4. The second kappa shape index (κ2) is 11.1. The Morgan fingerprint density at radius 2 is 1.08 bits per heavy atom. The molecule has 36 heavy (non-hydrogen) atoms. The fraction of sp³-hybridized carbons (Fsp3) is 0.294. The maximum Gasteiger partial charge on any atom is 0.0714 e. The SMILES string of the molecule is CCCCCCCCc1ccc(C2(c3ccc(C)cc3)c3cc(Br)ccc3-c3ccc(Br)cc32)cc1. The summed E-state index contributed by atoms with van der Waals surface area (Å²) in [7, 11) is 0. The van der Waals surface area contributed by atoms with Gasteiger partial charge in [-0.2, -0.15) is 0 Å². The van der Waals surface area contributed by atoms with Crippen LogP contribution < -0.4 is 0 Å². The summed E-state index contributed by atoms with van der Waals surface area (Å²) in [5.74, 6) is 0. The van der Waals surface area contributed by atoms with Crippen molar-refractivity contribution in [3.63, 3.8) is 0 Å². The molecule has 1 aliphatic carbocycles. The predicted molar refractivity (Wildman–Crippen MR) is 161 cm³/mol. The summed E-state index contributed by atoms with van der Waals surface area (Å²) in [5, 5.41) is 0. The molecule has 0 saturated carbocycles. The summed E-state index contributed by atoms with van der Waals surface area (Å²) in [6.45, 7) is 4.45. The van der Waals surface area contributed by atoms with E-state index in [2.05, 4.69) is 131 Å². The third-order valence-corrected chi connectivity index (χ3v) is 8.74. The summed E-state index contributed by atoms with van der Waals surface area (Å²) >= 11 is 7.57. The van der Waals surface area contributed by atoms with Gasteiger partial charge in [-0.1, -0.05) is 137 Å². The lowest BCUT2D eigenvalue weighted by atomic mass is 9.67. The van der Waals surface area contributed by atoms with Crippen LogP contribution >= 0.6 is 31.9 Å². The zero-order valence-electron chi connectivity index (χ0n) is 21.3. The minimum atomic E-state index is -0.357. The molecule has 0 spiro atoms. The molecule has 184 valence electrons. The van der Waals surface area contributed by atoms with Gasteiger partial charge in [0, 0.05) is 8.95 Å². The van der Waals surface area contributed by atoms with Crippen LogP contribution in [-0.4, -0.2) is 0 Å². The fourth-order valence-electron chi connectivity index (χ4n) is 5.89. The molecular formula is C34H34Br2. The molecule has 0 N–H and O–H groups in total.